The summed E-state index contributed by atoms with van der Waals surface area (Å²) in [5, 5.41) is 5.25. The molecule has 3 heterocycles. The van der Waals surface area contributed by atoms with E-state index in [0.717, 1.165) is 19.3 Å². The number of nitrogens with one attached hydrogen (secondary N) is 3. The van der Waals surface area contributed by atoms with E-state index in [4.69, 9.17) is 9.47 Å². The summed E-state index contributed by atoms with van der Waals surface area (Å²) in [7, 11) is -1.72. The smallest absolute Gasteiger partial charge is 0.410 e. The molecule has 2 saturated carbocycles. The molecule has 1 aromatic carbocycles. The lowest BCUT2D eigenvalue weighted by Crippen LogP contribution is -2.58. The Morgan fingerprint density at radius 3 is 2.65 bits per heavy atom. The number of carbonyl (C=O) groups is 5. The van der Waals surface area contributed by atoms with Gasteiger partial charge in [0.15, 0.2) is 0 Å². The van der Waals surface area contributed by atoms with Gasteiger partial charge in [0.25, 0.3) is 5.91 Å². The van der Waals surface area contributed by atoms with E-state index in [-0.39, 0.29) is 43.6 Å². The Balaban J connectivity index is 1.24. The number of amides is 5. The Morgan fingerprint density at radius 2 is 1.92 bits per heavy atom. The van der Waals surface area contributed by atoms with Crippen molar-refractivity contribution in [3.63, 3.8) is 0 Å². The fraction of sp³-hybridized carbons (Fsp3) is 0.576. The van der Waals surface area contributed by atoms with Gasteiger partial charge in [0, 0.05) is 29.7 Å². The Labute approximate surface area is 279 Å². The molecule has 0 spiro atoms. The SMILES string of the molecule is C=S(=O)(NC(=O)[C@@]12C[C@H]1/C=C\CCCCC[C@H](NC(=O)OC)C(=O)N1C[C@H](OC(=O)N3Cc4cccc(F)c4C3)CC1C(=O)N2)C1CC1. The van der Waals surface area contributed by atoms with Crippen LogP contribution in [0.4, 0.5) is 14.0 Å². The quantitative estimate of drug-likeness (QED) is 0.314. The van der Waals surface area contributed by atoms with E-state index in [0.29, 0.717) is 36.8 Å². The van der Waals surface area contributed by atoms with E-state index < -0.39 is 69.2 Å². The number of carbonyl (C=O) groups excluding carboxylic acids is 5. The molecule has 6 atom stereocenters. The van der Waals surface area contributed by atoms with Gasteiger partial charge in [0.1, 0.15) is 29.5 Å². The number of allylic oxidation sites excluding steroid dienone is 1. The predicted molar refractivity (Wildman–Crippen MR) is 173 cm³/mol. The summed E-state index contributed by atoms with van der Waals surface area (Å²) in [6, 6.07) is 2.47. The van der Waals surface area contributed by atoms with Gasteiger partial charge in [-0.05, 0) is 56.0 Å². The van der Waals surface area contributed by atoms with Crippen LogP contribution in [0, 0.1) is 11.7 Å². The molecule has 5 amide bonds. The second kappa shape index (κ2) is 13.4. The van der Waals surface area contributed by atoms with Crippen molar-refractivity contribution in [2.24, 2.45) is 5.92 Å². The van der Waals surface area contributed by atoms with Crippen molar-refractivity contribution >= 4 is 45.5 Å². The number of halogens is 1. The first kappa shape index (κ1) is 33.7. The van der Waals surface area contributed by atoms with Crippen LogP contribution in [0.15, 0.2) is 30.4 Å². The van der Waals surface area contributed by atoms with E-state index in [2.05, 4.69) is 21.2 Å². The highest BCUT2D eigenvalue weighted by atomic mass is 32.2. The third-order valence-electron chi connectivity index (χ3n) is 9.90. The van der Waals surface area contributed by atoms with Crippen LogP contribution < -0.4 is 15.4 Å². The Morgan fingerprint density at radius 1 is 1.12 bits per heavy atom. The van der Waals surface area contributed by atoms with E-state index >= 15 is 0 Å². The minimum atomic E-state index is -2.91. The molecule has 0 radical (unpaired) electrons. The third-order valence-corrected chi connectivity index (χ3v) is 12.0. The molecular formula is C33H42FN5O8S. The maximum absolute atomic E-state index is 14.3. The Hall–Kier alpha value is -4.14. The average Bonchev–Trinajstić information content (AvgIpc) is 3.93. The molecule has 0 aromatic heterocycles. The van der Waals surface area contributed by atoms with Crippen LogP contribution in [0.25, 0.3) is 0 Å². The van der Waals surface area contributed by atoms with Crippen LogP contribution in [-0.2, 0) is 46.7 Å². The zero-order valence-corrected chi connectivity index (χ0v) is 27.7. The number of benzene rings is 1. The lowest BCUT2D eigenvalue weighted by atomic mass is 10.1. The standard InChI is InChI=1S/C33H42FN5O8S/c1-46-31(43)35-26-12-7-5-3-4-6-10-21-16-33(21,30(42)37-48(2,45)23-13-14-23)36-28(40)27-15-22(18-39(27)29(26)41)47-32(44)38-17-20-9-8-11-25(34)24(20)19-38/h6,8-11,21-23,26-27H,2-5,7,12-19H2,1H3,(H,35,43)(H,36,40)(H,37,42,45)/b10-6-/t21-,22-,26+,27?,33-,48?/m1/s1. The summed E-state index contributed by atoms with van der Waals surface area (Å²) >= 11 is 0. The first-order valence-electron chi connectivity index (χ1n) is 16.5. The molecule has 3 N–H and O–H groups in total. The van der Waals surface area contributed by atoms with Crippen molar-refractivity contribution in [1.29, 1.82) is 0 Å². The van der Waals surface area contributed by atoms with Crippen molar-refractivity contribution in [1.82, 2.24) is 25.2 Å². The lowest BCUT2D eigenvalue weighted by molar-refractivity contribution is -0.141. The van der Waals surface area contributed by atoms with Crippen molar-refractivity contribution < 1.29 is 42.0 Å². The van der Waals surface area contributed by atoms with E-state index in [9.17, 15) is 32.6 Å². The number of hydrogen-bond donors (Lipinski definition) is 3. The maximum Gasteiger partial charge on any atom is 0.410 e. The molecule has 2 aliphatic carbocycles. The monoisotopic (exact) mass is 687 g/mol. The maximum atomic E-state index is 14.3. The highest BCUT2D eigenvalue weighted by Crippen LogP contribution is 2.46. The fourth-order valence-electron chi connectivity index (χ4n) is 6.87. The van der Waals surface area contributed by atoms with Crippen LogP contribution in [0.2, 0.25) is 0 Å². The van der Waals surface area contributed by atoms with Gasteiger partial charge in [0.2, 0.25) is 11.8 Å². The van der Waals surface area contributed by atoms with Crippen LogP contribution in [-0.4, -0.2) is 92.4 Å². The molecule has 48 heavy (non-hydrogen) atoms. The fourth-order valence-corrected chi connectivity index (χ4v) is 8.43. The number of ether oxygens (including phenoxy) is 2. The van der Waals surface area contributed by atoms with Crippen molar-refractivity contribution in [3.8, 4) is 0 Å². The average molecular weight is 688 g/mol. The summed E-state index contributed by atoms with van der Waals surface area (Å²) in [4.78, 5) is 69.9. The molecule has 5 aliphatic rings. The van der Waals surface area contributed by atoms with Crippen LogP contribution in [0.1, 0.15) is 68.9 Å². The van der Waals surface area contributed by atoms with E-state index in [1.807, 2.05) is 12.2 Å². The second-order valence-corrected chi connectivity index (χ2v) is 15.7. The van der Waals surface area contributed by atoms with Gasteiger partial charge in [-0.1, -0.05) is 37.1 Å². The summed E-state index contributed by atoms with van der Waals surface area (Å²) < 4.78 is 40.6. The van der Waals surface area contributed by atoms with E-state index in [1.54, 1.807) is 12.1 Å². The molecule has 1 saturated heterocycles. The van der Waals surface area contributed by atoms with E-state index in [1.165, 1.54) is 23.0 Å². The van der Waals surface area contributed by atoms with Crippen LogP contribution in [0.5, 0.6) is 0 Å². The zero-order chi connectivity index (χ0) is 34.2. The van der Waals surface area contributed by atoms with Crippen LogP contribution in [0.3, 0.4) is 0 Å². The highest BCUT2D eigenvalue weighted by molar-refractivity contribution is 7.99. The van der Waals surface area contributed by atoms with Gasteiger partial charge in [0.05, 0.1) is 29.9 Å². The number of nitrogens with zero attached hydrogens (tertiary/aromatic N) is 2. The van der Waals surface area contributed by atoms with Crippen molar-refractivity contribution in [2.45, 2.75) is 99.9 Å². The molecule has 3 aliphatic heterocycles. The molecule has 2 unspecified atom stereocenters. The summed E-state index contributed by atoms with van der Waals surface area (Å²) in [5.74, 6) is 1.20. The highest BCUT2D eigenvalue weighted by Gasteiger charge is 2.61. The van der Waals surface area contributed by atoms with Gasteiger partial charge < -0.3 is 25.0 Å². The number of fused-ring (bicyclic) bond motifs is 3. The largest absolute Gasteiger partial charge is 0.453 e. The van der Waals surface area contributed by atoms with Gasteiger partial charge in [-0.25, -0.2) is 18.2 Å². The number of rotatable bonds is 5. The van der Waals surface area contributed by atoms with Gasteiger partial charge in [-0.15, -0.1) is 0 Å². The minimum Gasteiger partial charge on any atom is -0.453 e. The molecule has 0 bridgehead atoms. The molecule has 3 fully saturated rings. The lowest BCUT2D eigenvalue weighted by Gasteiger charge is -2.29. The summed E-state index contributed by atoms with van der Waals surface area (Å²) in [5.41, 5.74) is -0.312. The zero-order valence-electron chi connectivity index (χ0n) is 26.9. The molecule has 6 rings (SSSR count). The first-order chi connectivity index (χ1) is 22.9. The van der Waals surface area contributed by atoms with Gasteiger partial charge in [-0.2, -0.15) is 0 Å². The Kier molecular flexibility index (Phi) is 9.42. The molecule has 260 valence electrons. The summed E-state index contributed by atoms with van der Waals surface area (Å²) in [6.45, 7) is 0.0292. The van der Waals surface area contributed by atoms with Crippen molar-refractivity contribution in [3.05, 3.63) is 47.3 Å². The number of alkyl carbamates (subject to hydrolysis) is 1. The second-order valence-electron chi connectivity index (χ2n) is 13.4. The Bertz CT molecular complexity index is 1630. The number of methoxy groups -OCH3 is 1. The first-order valence-corrected chi connectivity index (χ1v) is 18.2. The molecule has 13 nitrogen and oxygen atoms in total. The topological polar surface area (TPSA) is 163 Å². The van der Waals surface area contributed by atoms with Crippen molar-refractivity contribution in [2.75, 3.05) is 13.7 Å². The van der Waals surface area contributed by atoms with Gasteiger partial charge >= 0.3 is 12.2 Å². The normalized spacial score (nSPS) is 30.6. The molecule has 15 heteroatoms. The number of hydrogen-bond acceptors (Lipinski definition) is 8. The molecular weight excluding hydrogens is 645 g/mol. The third kappa shape index (κ3) is 7.01. The predicted octanol–water partition coefficient (Wildman–Crippen LogP) is 2.28. The van der Waals surface area contributed by atoms with Gasteiger partial charge in [-0.3, -0.25) is 24.0 Å². The summed E-state index contributed by atoms with van der Waals surface area (Å²) in [6.07, 6.45) is 6.21. The minimum absolute atomic E-state index is 0.0219. The molecule has 1 aromatic rings. The van der Waals surface area contributed by atoms with Crippen LogP contribution >= 0.6 is 0 Å².